The van der Waals surface area contributed by atoms with Crippen molar-refractivity contribution in [1.82, 2.24) is 15.3 Å². The summed E-state index contributed by atoms with van der Waals surface area (Å²) >= 11 is 0. The summed E-state index contributed by atoms with van der Waals surface area (Å²) in [5.74, 6) is -2.85. The molecule has 9 nitrogen and oxygen atoms in total. The third-order valence-corrected chi connectivity index (χ3v) is 2.35. The smallest absolute Gasteiger partial charge is 0.326 e. The lowest BCUT2D eigenvalue weighted by atomic mass is 10.1. The molecule has 0 saturated heterocycles. The number of H-pyrrole nitrogens is 1. The predicted octanol–water partition coefficient (Wildman–Crippen LogP) is -2.28. The molecule has 1 aromatic heterocycles. The van der Waals surface area contributed by atoms with E-state index in [2.05, 4.69) is 15.3 Å². The summed E-state index contributed by atoms with van der Waals surface area (Å²) in [6.45, 7) is 0. The number of rotatable bonds is 7. The molecule has 0 aliphatic carbocycles. The van der Waals surface area contributed by atoms with Crippen molar-refractivity contribution in [2.45, 2.75) is 24.9 Å². The number of imidazole rings is 1. The van der Waals surface area contributed by atoms with Crippen LogP contribution in [0.1, 0.15) is 12.1 Å². The second-order valence-electron chi connectivity index (χ2n) is 3.96. The summed E-state index contributed by atoms with van der Waals surface area (Å²) in [7, 11) is 0. The fourth-order valence-electron chi connectivity index (χ4n) is 1.41. The molecule has 0 aliphatic heterocycles. The first-order valence-corrected chi connectivity index (χ1v) is 5.44. The highest BCUT2D eigenvalue weighted by molar-refractivity contribution is 5.90. The lowest BCUT2D eigenvalue weighted by molar-refractivity contribution is -0.143. The Morgan fingerprint density at radius 3 is 2.63 bits per heavy atom. The average molecular weight is 269 g/mol. The van der Waals surface area contributed by atoms with E-state index in [-0.39, 0.29) is 6.42 Å². The molecule has 104 valence electrons. The SMILES string of the molecule is NC(=O)CC(NC(=O)C(N)Cc1cnc[nH]1)C(=O)O. The minimum Gasteiger partial charge on any atom is -0.480 e. The molecule has 1 aromatic rings. The number of primary amides is 1. The summed E-state index contributed by atoms with van der Waals surface area (Å²) in [5.41, 5.74) is 11.2. The zero-order valence-electron chi connectivity index (χ0n) is 10.00. The first kappa shape index (κ1) is 14.6. The van der Waals surface area contributed by atoms with Crippen molar-refractivity contribution < 1.29 is 19.5 Å². The Morgan fingerprint density at radius 2 is 2.16 bits per heavy atom. The van der Waals surface area contributed by atoms with Gasteiger partial charge < -0.3 is 26.9 Å². The second-order valence-corrected chi connectivity index (χ2v) is 3.96. The van der Waals surface area contributed by atoms with Gasteiger partial charge in [0.1, 0.15) is 6.04 Å². The first-order valence-electron chi connectivity index (χ1n) is 5.44. The lowest BCUT2D eigenvalue weighted by Gasteiger charge is -2.16. The van der Waals surface area contributed by atoms with E-state index in [1.165, 1.54) is 12.5 Å². The van der Waals surface area contributed by atoms with Crippen LogP contribution in [0, 0.1) is 0 Å². The Labute approximate surface area is 108 Å². The van der Waals surface area contributed by atoms with Crippen LogP contribution in [0.4, 0.5) is 0 Å². The molecule has 0 radical (unpaired) electrons. The number of hydrogen-bond donors (Lipinski definition) is 5. The van der Waals surface area contributed by atoms with E-state index >= 15 is 0 Å². The van der Waals surface area contributed by atoms with Crippen LogP contribution in [-0.2, 0) is 20.8 Å². The summed E-state index contributed by atoms with van der Waals surface area (Å²) in [4.78, 5) is 39.7. The van der Waals surface area contributed by atoms with E-state index in [1.54, 1.807) is 0 Å². The van der Waals surface area contributed by atoms with Crippen molar-refractivity contribution in [3.05, 3.63) is 18.2 Å². The third kappa shape index (κ3) is 4.76. The molecule has 19 heavy (non-hydrogen) atoms. The number of nitrogens with zero attached hydrogens (tertiary/aromatic N) is 1. The maximum absolute atomic E-state index is 11.7. The highest BCUT2D eigenvalue weighted by Crippen LogP contribution is 1.98. The Kier molecular flexibility index (Phi) is 5.01. The van der Waals surface area contributed by atoms with Crippen LogP contribution in [0.5, 0.6) is 0 Å². The molecule has 0 saturated carbocycles. The van der Waals surface area contributed by atoms with Crippen LogP contribution in [0.2, 0.25) is 0 Å². The van der Waals surface area contributed by atoms with Crippen LogP contribution in [0.15, 0.2) is 12.5 Å². The largest absolute Gasteiger partial charge is 0.480 e. The Bertz CT molecular complexity index is 458. The van der Waals surface area contributed by atoms with Gasteiger partial charge in [-0.15, -0.1) is 0 Å². The number of carboxylic acid groups (broad SMARTS) is 1. The number of hydrogen-bond acceptors (Lipinski definition) is 5. The monoisotopic (exact) mass is 269 g/mol. The zero-order chi connectivity index (χ0) is 14.4. The van der Waals surface area contributed by atoms with Gasteiger partial charge in [0.05, 0.1) is 18.8 Å². The maximum Gasteiger partial charge on any atom is 0.326 e. The van der Waals surface area contributed by atoms with Crippen LogP contribution in [0.3, 0.4) is 0 Å². The highest BCUT2D eigenvalue weighted by atomic mass is 16.4. The lowest BCUT2D eigenvalue weighted by Crippen LogP contribution is -2.50. The first-order chi connectivity index (χ1) is 8.90. The topological polar surface area (TPSA) is 164 Å². The number of carbonyl (C=O) groups is 3. The van der Waals surface area contributed by atoms with Crippen molar-refractivity contribution in [3.8, 4) is 0 Å². The molecule has 0 aliphatic rings. The van der Waals surface area contributed by atoms with Gasteiger partial charge in [0.2, 0.25) is 11.8 Å². The van der Waals surface area contributed by atoms with Crippen LogP contribution < -0.4 is 16.8 Å². The molecule has 1 rings (SSSR count). The summed E-state index contributed by atoms with van der Waals surface area (Å²) in [5, 5.41) is 11.0. The molecule has 0 fully saturated rings. The van der Waals surface area contributed by atoms with E-state index in [4.69, 9.17) is 16.6 Å². The molecule has 0 bridgehead atoms. The fraction of sp³-hybridized carbons (Fsp3) is 0.400. The highest BCUT2D eigenvalue weighted by Gasteiger charge is 2.25. The van der Waals surface area contributed by atoms with Gasteiger partial charge in [0.15, 0.2) is 0 Å². The minimum atomic E-state index is -1.38. The average Bonchev–Trinajstić information content (AvgIpc) is 2.79. The number of aromatic nitrogens is 2. The standard InChI is InChI=1S/C10H15N5O4/c11-6(1-5-3-13-4-14-5)9(17)15-7(10(18)19)2-8(12)16/h3-4,6-7H,1-2,11H2,(H2,12,16)(H,13,14)(H,15,17)(H,18,19). The number of aliphatic carboxylic acids is 1. The Hall–Kier alpha value is -2.42. The van der Waals surface area contributed by atoms with Gasteiger partial charge in [-0.2, -0.15) is 0 Å². The summed E-state index contributed by atoms with van der Waals surface area (Å²) in [6, 6.07) is -2.33. The van der Waals surface area contributed by atoms with Crippen molar-refractivity contribution >= 4 is 17.8 Å². The Morgan fingerprint density at radius 1 is 1.47 bits per heavy atom. The Balaban J connectivity index is 2.56. The van der Waals surface area contributed by atoms with Crippen LogP contribution in [-0.4, -0.2) is 44.9 Å². The zero-order valence-corrected chi connectivity index (χ0v) is 10.00. The molecular weight excluding hydrogens is 254 g/mol. The number of amides is 2. The number of nitrogens with one attached hydrogen (secondary N) is 2. The van der Waals surface area contributed by atoms with E-state index in [0.717, 1.165) is 0 Å². The molecular formula is C10H15N5O4. The van der Waals surface area contributed by atoms with E-state index in [9.17, 15) is 14.4 Å². The molecule has 1 heterocycles. The molecule has 2 unspecified atom stereocenters. The molecule has 9 heteroatoms. The van der Waals surface area contributed by atoms with E-state index in [1.807, 2.05) is 0 Å². The third-order valence-electron chi connectivity index (χ3n) is 2.35. The number of nitrogens with two attached hydrogens (primary N) is 2. The van der Waals surface area contributed by atoms with Gasteiger partial charge in [0, 0.05) is 18.3 Å². The van der Waals surface area contributed by atoms with Crippen LogP contribution in [0.25, 0.3) is 0 Å². The molecule has 2 atom stereocenters. The van der Waals surface area contributed by atoms with Crippen molar-refractivity contribution in [2.75, 3.05) is 0 Å². The van der Waals surface area contributed by atoms with Gasteiger partial charge in [-0.1, -0.05) is 0 Å². The van der Waals surface area contributed by atoms with Gasteiger partial charge >= 0.3 is 5.97 Å². The molecule has 2 amide bonds. The van der Waals surface area contributed by atoms with Gasteiger partial charge in [-0.3, -0.25) is 9.59 Å². The van der Waals surface area contributed by atoms with E-state index < -0.39 is 36.3 Å². The number of carbonyl (C=O) groups excluding carboxylic acids is 2. The van der Waals surface area contributed by atoms with Gasteiger partial charge in [-0.25, -0.2) is 9.78 Å². The van der Waals surface area contributed by atoms with Crippen molar-refractivity contribution in [3.63, 3.8) is 0 Å². The van der Waals surface area contributed by atoms with Crippen molar-refractivity contribution in [2.24, 2.45) is 11.5 Å². The molecule has 0 aromatic carbocycles. The van der Waals surface area contributed by atoms with Gasteiger partial charge in [-0.05, 0) is 0 Å². The maximum atomic E-state index is 11.7. The summed E-state index contributed by atoms with van der Waals surface area (Å²) < 4.78 is 0. The number of aromatic amines is 1. The minimum absolute atomic E-state index is 0.175. The molecule has 0 spiro atoms. The van der Waals surface area contributed by atoms with E-state index in [0.29, 0.717) is 5.69 Å². The quantitative estimate of drug-likeness (QED) is 0.374. The van der Waals surface area contributed by atoms with Crippen molar-refractivity contribution in [1.29, 1.82) is 0 Å². The second kappa shape index (κ2) is 6.50. The predicted molar refractivity (Wildman–Crippen MR) is 63.6 cm³/mol. The summed E-state index contributed by atoms with van der Waals surface area (Å²) in [6.07, 6.45) is 2.63. The molecule has 7 N–H and O–H groups in total. The fourth-order valence-corrected chi connectivity index (χ4v) is 1.41. The van der Waals surface area contributed by atoms with Gasteiger partial charge in [0.25, 0.3) is 0 Å². The normalized spacial score (nSPS) is 13.5. The number of carboxylic acids is 1. The van der Waals surface area contributed by atoms with Crippen LogP contribution >= 0.6 is 0 Å².